The average molecular weight is 230 g/mol. The maximum Gasteiger partial charge on any atom is 0.410 e. The van der Waals surface area contributed by atoms with Crippen molar-refractivity contribution in [2.75, 3.05) is 20.2 Å². The monoisotopic (exact) mass is 230 g/mol. The molecule has 0 saturated carbocycles. The van der Waals surface area contributed by atoms with E-state index in [1.807, 2.05) is 0 Å². The molecule has 16 heavy (non-hydrogen) atoms. The number of rotatable bonds is 1. The van der Waals surface area contributed by atoms with Crippen LogP contribution in [0.2, 0.25) is 0 Å². The van der Waals surface area contributed by atoms with Crippen molar-refractivity contribution in [1.82, 2.24) is 4.90 Å². The highest BCUT2D eigenvalue weighted by atomic mass is 16.6. The highest BCUT2D eigenvalue weighted by Crippen LogP contribution is 2.22. The van der Waals surface area contributed by atoms with Crippen LogP contribution in [0.25, 0.3) is 0 Å². The van der Waals surface area contributed by atoms with Gasteiger partial charge in [-0.3, -0.25) is 0 Å². The van der Waals surface area contributed by atoms with Gasteiger partial charge in [0.05, 0.1) is 20.2 Å². The Hall–Kier alpha value is -1.30. The molecule has 1 fully saturated rings. The number of hydrogen-bond acceptors (Lipinski definition) is 5. The predicted molar refractivity (Wildman–Crippen MR) is 56.7 cm³/mol. The molecule has 2 N–H and O–H groups in total. The molecule has 1 rings (SSSR count). The standard InChI is InChI=1S/C10H18N2O4/c1-9(2,3)16-8(14)12-5-10(11,6-12)7(13)15-4/h5-6,11H2,1-4H3. The normalized spacial score (nSPS) is 18.7. The van der Waals surface area contributed by atoms with E-state index in [4.69, 9.17) is 10.5 Å². The quantitative estimate of drug-likeness (QED) is 0.646. The second kappa shape index (κ2) is 3.93. The summed E-state index contributed by atoms with van der Waals surface area (Å²) in [5, 5.41) is 0. The van der Waals surface area contributed by atoms with Gasteiger partial charge in [-0.25, -0.2) is 9.59 Å². The third kappa shape index (κ3) is 2.63. The van der Waals surface area contributed by atoms with E-state index in [2.05, 4.69) is 4.74 Å². The number of nitrogens with two attached hydrogens (primary N) is 1. The minimum Gasteiger partial charge on any atom is -0.468 e. The van der Waals surface area contributed by atoms with Gasteiger partial charge in [0.2, 0.25) is 0 Å². The Kier molecular flexibility index (Phi) is 3.14. The molecule has 0 atom stereocenters. The zero-order valence-corrected chi connectivity index (χ0v) is 10.1. The molecule has 1 saturated heterocycles. The first-order chi connectivity index (χ1) is 7.18. The number of nitrogens with zero attached hydrogens (tertiary/aromatic N) is 1. The van der Waals surface area contributed by atoms with E-state index in [0.29, 0.717) is 0 Å². The zero-order valence-electron chi connectivity index (χ0n) is 10.1. The molecule has 1 heterocycles. The molecule has 0 aromatic rings. The molecule has 6 heteroatoms. The van der Waals surface area contributed by atoms with Crippen LogP contribution in [0.1, 0.15) is 20.8 Å². The lowest BCUT2D eigenvalue weighted by Crippen LogP contribution is -2.73. The summed E-state index contributed by atoms with van der Waals surface area (Å²) in [4.78, 5) is 24.2. The maximum atomic E-state index is 11.5. The fourth-order valence-corrected chi connectivity index (χ4v) is 1.42. The first kappa shape index (κ1) is 12.8. The van der Waals surface area contributed by atoms with E-state index in [1.165, 1.54) is 12.0 Å². The fraction of sp³-hybridized carbons (Fsp3) is 0.800. The lowest BCUT2D eigenvalue weighted by Gasteiger charge is -2.44. The Morgan fingerprint density at radius 3 is 2.19 bits per heavy atom. The summed E-state index contributed by atoms with van der Waals surface area (Å²) < 4.78 is 9.67. The summed E-state index contributed by atoms with van der Waals surface area (Å²) in [6.07, 6.45) is -0.461. The first-order valence-electron chi connectivity index (χ1n) is 5.03. The van der Waals surface area contributed by atoms with Crippen LogP contribution < -0.4 is 5.73 Å². The molecule has 0 spiro atoms. The third-order valence-corrected chi connectivity index (χ3v) is 2.19. The van der Waals surface area contributed by atoms with Crippen molar-refractivity contribution in [1.29, 1.82) is 0 Å². The molecule has 0 aromatic heterocycles. The number of hydrogen-bond donors (Lipinski definition) is 1. The van der Waals surface area contributed by atoms with Crippen molar-refractivity contribution in [2.24, 2.45) is 5.73 Å². The molecular weight excluding hydrogens is 212 g/mol. The smallest absolute Gasteiger partial charge is 0.410 e. The van der Waals surface area contributed by atoms with Gasteiger partial charge >= 0.3 is 12.1 Å². The van der Waals surface area contributed by atoms with Gasteiger partial charge in [-0.15, -0.1) is 0 Å². The molecule has 1 aliphatic rings. The minimum atomic E-state index is -1.08. The molecule has 0 radical (unpaired) electrons. The lowest BCUT2D eigenvalue weighted by molar-refractivity contribution is -0.153. The number of carbonyl (C=O) groups excluding carboxylic acids is 2. The average Bonchev–Trinajstić information content (AvgIpc) is 2.08. The van der Waals surface area contributed by atoms with Crippen LogP contribution in [0.5, 0.6) is 0 Å². The second-order valence-electron chi connectivity index (χ2n) is 4.98. The van der Waals surface area contributed by atoms with E-state index < -0.39 is 23.2 Å². The van der Waals surface area contributed by atoms with Crippen LogP contribution in [0, 0.1) is 0 Å². The molecule has 1 amide bonds. The van der Waals surface area contributed by atoms with Crippen molar-refractivity contribution in [3.05, 3.63) is 0 Å². The summed E-state index contributed by atoms with van der Waals surface area (Å²) in [6, 6.07) is 0. The fourth-order valence-electron chi connectivity index (χ4n) is 1.42. The molecule has 0 bridgehead atoms. The second-order valence-corrected chi connectivity index (χ2v) is 4.98. The van der Waals surface area contributed by atoms with Crippen molar-refractivity contribution in [3.63, 3.8) is 0 Å². The summed E-state index contributed by atoms with van der Waals surface area (Å²) in [5.74, 6) is -0.507. The number of carbonyl (C=O) groups is 2. The van der Waals surface area contributed by atoms with Gasteiger partial charge < -0.3 is 20.1 Å². The zero-order chi connectivity index (χ0) is 12.6. The molecule has 0 aromatic carbocycles. The SMILES string of the molecule is COC(=O)C1(N)CN(C(=O)OC(C)(C)C)C1. The molecule has 6 nitrogen and oxygen atoms in total. The Morgan fingerprint density at radius 2 is 1.81 bits per heavy atom. The van der Waals surface area contributed by atoms with E-state index in [9.17, 15) is 9.59 Å². The largest absolute Gasteiger partial charge is 0.468 e. The van der Waals surface area contributed by atoms with Crippen molar-refractivity contribution < 1.29 is 19.1 Å². The Balaban J connectivity index is 2.47. The molecule has 0 aliphatic carbocycles. The van der Waals surface area contributed by atoms with E-state index in [0.717, 1.165) is 0 Å². The van der Waals surface area contributed by atoms with Crippen LogP contribution in [-0.4, -0.2) is 48.3 Å². The maximum absolute atomic E-state index is 11.5. The number of amides is 1. The number of likely N-dealkylation sites (tertiary alicyclic amines) is 1. The molecular formula is C10H18N2O4. The number of methoxy groups -OCH3 is 1. The number of ether oxygens (including phenoxy) is 2. The Labute approximate surface area is 94.7 Å². The van der Waals surface area contributed by atoms with Crippen LogP contribution >= 0.6 is 0 Å². The van der Waals surface area contributed by atoms with Gasteiger partial charge in [0.15, 0.2) is 5.54 Å². The highest BCUT2D eigenvalue weighted by molar-refractivity contribution is 5.85. The van der Waals surface area contributed by atoms with Gasteiger partial charge in [0, 0.05) is 0 Å². The van der Waals surface area contributed by atoms with E-state index in [-0.39, 0.29) is 13.1 Å². The highest BCUT2D eigenvalue weighted by Gasteiger charge is 2.50. The minimum absolute atomic E-state index is 0.134. The third-order valence-electron chi connectivity index (χ3n) is 2.19. The summed E-state index contributed by atoms with van der Waals surface area (Å²) in [7, 11) is 1.27. The van der Waals surface area contributed by atoms with E-state index in [1.54, 1.807) is 20.8 Å². The molecule has 0 unspecified atom stereocenters. The Bertz CT molecular complexity index is 302. The van der Waals surface area contributed by atoms with Gasteiger partial charge in [0.1, 0.15) is 5.60 Å². The summed E-state index contributed by atoms with van der Waals surface area (Å²) >= 11 is 0. The predicted octanol–water partition coefficient (Wildman–Crippen LogP) is 0.108. The van der Waals surface area contributed by atoms with Gasteiger partial charge in [-0.05, 0) is 20.8 Å². The summed E-state index contributed by atoms with van der Waals surface area (Å²) in [5.41, 5.74) is 4.10. The van der Waals surface area contributed by atoms with Crippen molar-refractivity contribution in [2.45, 2.75) is 31.9 Å². The van der Waals surface area contributed by atoms with Gasteiger partial charge in [-0.2, -0.15) is 0 Å². The molecule has 92 valence electrons. The Morgan fingerprint density at radius 1 is 1.31 bits per heavy atom. The summed E-state index contributed by atoms with van der Waals surface area (Å²) in [6.45, 7) is 5.60. The topological polar surface area (TPSA) is 81.9 Å². The van der Waals surface area contributed by atoms with Crippen LogP contribution in [0.4, 0.5) is 4.79 Å². The van der Waals surface area contributed by atoms with Crippen LogP contribution in [-0.2, 0) is 14.3 Å². The van der Waals surface area contributed by atoms with Crippen molar-refractivity contribution in [3.8, 4) is 0 Å². The van der Waals surface area contributed by atoms with Gasteiger partial charge in [-0.1, -0.05) is 0 Å². The lowest BCUT2D eigenvalue weighted by atomic mass is 9.92. The van der Waals surface area contributed by atoms with Crippen molar-refractivity contribution >= 4 is 12.1 Å². The van der Waals surface area contributed by atoms with Crippen LogP contribution in [0.15, 0.2) is 0 Å². The van der Waals surface area contributed by atoms with Crippen LogP contribution in [0.3, 0.4) is 0 Å². The number of esters is 1. The van der Waals surface area contributed by atoms with E-state index >= 15 is 0 Å². The molecule has 1 aliphatic heterocycles. The first-order valence-corrected chi connectivity index (χ1v) is 5.03. The van der Waals surface area contributed by atoms with Gasteiger partial charge in [0.25, 0.3) is 0 Å².